The summed E-state index contributed by atoms with van der Waals surface area (Å²) < 4.78 is 72.4. The molecule has 0 heterocycles. The molecule has 0 aromatic heterocycles. The standard InChI is InChI=1S/C33H47F5O/c1-2-3-4-5-23-6-9-25(10-7-23)26-15-17-29(18-16-26)39-22-24-8-19-30(31(34)20-24)27-11-13-28(14-12-27)32(35)21-33(36,37)38/h8,19-21,23,25-29H,2-7,9-18,22H2,1H3. The summed E-state index contributed by atoms with van der Waals surface area (Å²) in [6.07, 6.45) is 12.7. The first-order chi connectivity index (χ1) is 18.7. The molecule has 6 heteroatoms. The van der Waals surface area contributed by atoms with E-state index < -0.39 is 17.9 Å². The van der Waals surface area contributed by atoms with Crippen LogP contribution < -0.4 is 0 Å². The molecule has 3 aliphatic rings. The Kier molecular flexibility index (Phi) is 11.3. The molecule has 4 rings (SSSR count). The fourth-order valence-corrected chi connectivity index (χ4v) is 7.52. The number of rotatable bonds is 10. The lowest BCUT2D eigenvalue weighted by molar-refractivity contribution is -0.0820. The van der Waals surface area contributed by atoms with Crippen LogP contribution in [0.4, 0.5) is 22.0 Å². The van der Waals surface area contributed by atoms with Crippen molar-refractivity contribution in [2.24, 2.45) is 23.7 Å². The number of hydrogen-bond donors (Lipinski definition) is 0. The van der Waals surface area contributed by atoms with E-state index in [1.807, 2.05) is 6.07 Å². The minimum absolute atomic E-state index is 0.0865. The van der Waals surface area contributed by atoms with Crippen LogP contribution in [0.2, 0.25) is 0 Å². The van der Waals surface area contributed by atoms with Crippen LogP contribution in [0, 0.1) is 29.5 Å². The first-order valence-corrected chi connectivity index (χ1v) is 15.6. The van der Waals surface area contributed by atoms with E-state index in [9.17, 15) is 22.0 Å². The number of hydrogen-bond acceptors (Lipinski definition) is 1. The van der Waals surface area contributed by atoms with Crippen LogP contribution in [0.25, 0.3) is 0 Å². The Hall–Kier alpha value is -1.43. The fourth-order valence-electron chi connectivity index (χ4n) is 7.52. The molecule has 0 spiro atoms. The Bertz CT molecular complexity index is 901. The van der Waals surface area contributed by atoms with Crippen LogP contribution >= 0.6 is 0 Å². The molecule has 1 aromatic carbocycles. The predicted molar refractivity (Wildman–Crippen MR) is 146 cm³/mol. The van der Waals surface area contributed by atoms with Crippen molar-refractivity contribution < 1.29 is 26.7 Å². The third-order valence-electron chi connectivity index (χ3n) is 9.90. The highest BCUT2D eigenvalue weighted by molar-refractivity contribution is 5.27. The number of benzene rings is 1. The van der Waals surface area contributed by atoms with E-state index in [4.69, 9.17) is 4.74 Å². The molecule has 3 aliphatic carbocycles. The normalized spacial score (nSPS) is 30.9. The second-order valence-corrected chi connectivity index (χ2v) is 12.6. The van der Waals surface area contributed by atoms with Gasteiger partial charge in [0.2, 0.25) is 0 Å². The van der Waals surface area contributed by atoms with E-state index in [1.165, 1.54) is 70.3 Å². The maximum absolute atomic E-state index is 15.0. The number of unbranched alkanes of at least 4 members (excludes halogenated alkanes) is 2. The zero-order chi connectivity index (χ0) is 27.8. The first kappa shape index (κ1) is 30.5. The smallest absolute Gasteiger partial charge is 0.374 e. The van der Waals surface area contributed by atoms with Gasteiger partial charge < -0.3 is 4.74 Å². The Labute approximate surface area is 232 Å². The van der Waals surface area contributed by atoms with Gasteiger partial charge in [-0.2, -0.15) is 13.2 Å². The van der Waals surface area contributed by atoms with Crippen molar-refractivity contribution in [3.05, 3.63) is 47.0 Å². The lowest BCUT2D eigenvalue weighted by Crippen LogP contribution is -2.28. The van der Waals surface area contributed by atoms with Crippen molar-refractivity contribution in [1.29, 1.82) is 0 Å². The highest BCUT2D eigenvalue weighted by Gasteiger charge is 2.32. The highest BCUT2D eigenvalue weighted by atomic mass is 19.4. The molecule has 0 atom stereocenters. The minimum Gasteiger partial charge on any atom is -0.374 e. The molecular formula is C33H47F5O. The van der Waals surface area contributed by atoms with Gasteiger partial charge in [-0.15, -0.1) is 0 Å². The van der Waals surface area contributed by atoms with Crippen LogP contribution in [0.3, 0.4) is 0 Å². The largest absolute Gasteiger partial charge is 0.412 e. The SMILES string of the molecule is CCCCCC1CCC(C2CCC(OCc3ccc(C4CCC(C(F)=CC(F)(F)F)CC4)c(F)c3)CC2)CC1. The topological polar surface area (TPSA) is 9.23 Å². The van der Waals surface area contributed by atoms with Gasteiger partial charge in [-0.1, -0.05) is 57.6 Å². The number of ether oxygens (including phenoxy) is 1. The summed E-state index contributed by atoms with van der Waals surface area (Å²) in [4.78, 5) is 0. The summed E-state index contributed by atoms with van der Waals surface area (Å²) in [7, 11) is 0. The molecule has 0 N–H and O–H groups in total. The van der Waals surface area contributed by atoms with Gasteiger partial charge in [0.1, 0.15) is 11.6 Å². The van der Waals surface area contributed by atoms with Crippen LogP contribution in [0.15, 0.2) is 30.1 Å². The maximum atomic E-state index is 15.0. The Morgan fingerprint density at radius 1 is 0.872 bits per heavy atom. The van der Waals surface area contributed by atoms with Gasteiger partial charge in [0.25, 0.3) is 0 Å². The molecule has 1 aromatic rings. The zero-order valence-corrected chi connectivity index (χ0v) is 23.6. The molecular weight excluding hydrogens is 507 g/mol. The third kappa shape index (κ3) is 9.30. The summed E-state index contributed by atoms with van der Waals surface area (Å²) in [5.74, 6) is 0.481. The van der Waals surface area contributed by atoms with E-state index in [1.54, 1.807) is 6.07 Å². The number of halogens is 5. The second-order valence-electron chi connectivity index (χ2n) is 12.6. The highest BCUT2D eigenvalue weighted by Crippen LogP contribution is 2.43. The molecule has 0 unspecified atom stereocenters. The van der Waals surface area contributed by atoms with Crippen LogP contribution in [-0.4, -0.2) is 12.3 Å². The first-order valence-electron chi connectivity index (χ1n) is 15.6. The molecule has 1 nitrogen and oxygen atoms in total. The minimum atomic E-state index is -4.64. The molecule has 0 saturated heterocycles. The van der Waals surface area contributed by atoms with Crippen molar-refractivity contribution in [2.75, 3.05) is 0 Å². The lowest BCUT2D eigenvalue weighted by atomic mass is 9.70. The monoisotopic (exact) mass is 554 g/mol. The number of allylic oxidation sites excluding steroid dienone is 2. The van der Waals surface area contributed by atoms with Crippen LogP contribution in [0.5, 0.6) is 0 Å². The molecule has 220 valence electrons. The predicted octanol–water partition coefficient (Wildman–Crippen LogP) is 11.0. The van der Waals surface area contributed by atoms with Gasteiger partial charge >= 0.3 is 6.18 Å². The van der Waals surface area contributed by atoms with E-state index in [0.29, 0.717) is 37.9 Å². The van der Waals surface area contributed by atoms with Crippen molar-refractivity contribution in [3.63, 3.8) is 0 Å². The van der Waals surface area contributed by atoms with Gasteiger partial charge in [-0.25, -0.2) is 8.78 Å². The van der Waals surface area contributed by atoms with Crippen molar-refractivity contribution in [2.45, 2.75) is 134 Å². The molecule has 0 bridgehead atoms. The second kappa shape index (κ2) is 14.5. The van der Waals surface area contributed by atoms with E-state index >= 15 is 0 Å². The van der Waals surface area contributed by atoms with Crippen LogP contribution in [0.1, 0.15) is 127 Å². The van der Waals surface area contributed by atoms with Crippen LogP contribution in [-0.2, 0) is 11.3 Å². The van der Waals surface area contributed by atoms with E-state index in [2.05, 4.69) is 6.92 Å². The van der Waals surface area contributed by atoms with E-state index in [-0.39, 0.29) is 23.9 Å². The summed E-state index contributed by atoms with van der Waals surface area (Å²) in [6, 6.07) is 5.23. The maximum Gasteiger partial charge on any atom is 0.412 e. The summed E-state index contributed by atoms with van der Waals surface area (Å²) in [5, 5.41) is 0. The van der Waals surface area contributed by atoms with Crippen molar-refractivity contribution in [1.82, 2.24) is 0 Å². The summed E-state index contributed by atoms with van der Waals surface area (Å²) >= 11 is 0. The Morgan fingerprint density at radius 2 is 1.51 bits per heavy atom. The average molecular weight is 555 g/mol. The molecule has 0 amide bonds. The summed E-state index contributed by atoms with van der Waals surface area (Å²) in [5.41, 5.74) is 1.39. The molecule has 0 aliphatic heterocycles. The third-order valence-corrected chi connectivity index (χ3v) is 9.90. The van der Waals surface area contributed by atoms with Gasteiger partial charge in [-0.05, 0) is 105 Å². The van der Waals surface area contributed by atoms with Gasteiger partial charge in [0.15, 0.2) is 0 Å². The summed E-state index contributed by atoms with van der Waals surface area (Å²) in [6.45, 7) is 2.67. The number of alkyl halides is 3. The van der Waals surface area contributed by atoms with Gasteiger partial charge in [-0.3, -0.25) is 0 Å². The van der Waals surface area contributed by atoms with Gasteiger partial charge in [0, 0.05) is 5.92 Å². The molecule has 0 radical (unpaired) electrons. The zero-order valence-electron chi connectivity index (χ0n) is 23.6. The fraction of sp³-hybridized carbons (Fsp3) is 0.758. The van der Waals surface area contributed by atoms with E-state index in [0.717, 1.165) is 36.2 Å². The molecule has 3 saturated carbocycles. The Balaban J connectivity index is 1.16. The molecule has 3 fully saturated rings. The van der Waals surface area contributed by atoms with Gasteiger partial charge in [0.05, 0.1) is 18.8 Å². The Morgan fingerprint density at radius 3 is 2.10 bits per heavy atom. The average Bonchev–Trinajstić information content (AvgIpc) is 2.92. The van der Waals surface area contributed by atoms with Crippen molar-refractivity contribution >= 4 is 0 Å². The molecule has 39 heavy (non-hydrogen) atoms. The quantitative estimate of drug-likeness (QED) is 0.206. The van der Waals surface area contributed by atoms with Crippen molar-refractivity contribution in [3.8, 4) is 0 Å². The lowest BCUT2D eigenvalue weighted by Gasteiger charge is -2.38.